The van der Waals surface area contributed by atoms with Crippen LogP contribution < -0.4 is 11.1 Å². The number of halogens is 2. The number of nitrogen functional groups attached to an aromatic ring is 1. The van der Waals surface area contributed by atoms with Crippen molar-refractivity contribution in [2.45, 2.75) is 13.0 Å². The van der Waals surface area contributed by atoms with Crippen LogP contribution in [0.4, 0.5) is 5.69 Å². The standard InChI is InChI=1S/C12H11Cl2N3OS/c1-6(12-16-2-3-19-12)17-11(18)7-4-8(13)10(15)9(14)5-7/h2-6H,15H2,1H3,(H,17,18). The van der Waals surface area contributed by atoms with Crippen molar-refractivity contribution in [2.75, 3.05) is 5.73 Å². The van der Waals surface area contributed by atoms with E-state index in [1.807, 2.05) is 12.3 Å². The van der Waals surface area contributed by atoms with Gasteiger partial charge in [-0.1, -0.05) is 23.2 Å². The molecule has 2 aromatic rings. The summed E-state index contributed by atoms with van der Waals surface area (Å²) in [6, 6.07) is 2.81. The van der Waals surface area contributed by atoms with Gasteiger partial charge < -0.3 is 11.1 Å². The molecule has 0 aliphatic carbocycles. The van der Waals surface area contributed by atoms with E-state index in [9.17, 15) is 4.79 Å². The zero-order valence-electron chi connectivity index (χ0n) is 9.98. The van der Waals surface area contributed by atoms with Crippen molar-refractivity contribution in [3.05, 3.63) is 44.3 Å². The molecule has 0 saturated carbocycles. The first-order chi connectivity index (χ1) is 8.99. The van der Waals surface area contributed by atoms with Crippen molar-refractivity contribution < 1.29 is 4.79 Å². The van der Waals surface area contributed by atoms with Gasteiger partial charge in [-0.2, -0.15) is 0 Å². The first-order valence-corrected chi connectivity index (χ1v) is 7.07. The Balaban J connectivity index is 2.16. The molecule has 19 heavy (non-hydrogen) atoms. The highest BCUT2D eigenvalue weighted by molar-refractivity contribution is 7.09. The molecule has 0 aliphatic heterocycles. The number of anilines is 1. The maximum atomic E-state index is 12.1. The van der Waals surface area contributed by atoms with Crippen LogP contribution in [0.15, 0.2) is 23.7 Å². The smallest absolute Gasteiger partial charge is 0.251 e. The van der Waals surface area contributed by atoms with Crippen LogP contribution in [0.5, 0.6) is 0 Å². The lowest BCUT2D eigenvalue weighted by atomic mass is 10.2. The fourth-order valence-corrected chi connectivity index (χ4v) is 2.64. The van der Waals surface area contributed by atoms with Gasteiger partial charge in [0.2, 0.25) is 0 Å². The number of benzene rings is 1. The van der Waals surface area contributed by atoms with Gasteiger partial charge in [0.1, 0.15) is 5.01 Å². The van der Waals surface area contributed by atoms with Crippen LogP contribution in [0.1, 0.15) is 28.3 Å². The van der Waals surface area contributed by atoms with E-state index in [2.05, 4.69) is 10.3 Å². The largest absolute Gasteiger partial charge is 0.396 e. The molecule has 3 N–H and O–H groups in total. The molecule has 0 radical (unpaired) electrons. The van der Waals surface area contributed by atoms with Crippen molar-refractivity contribution in [3.8, 4) is 0 Å². The molecule has 1 unspecified atom stereocenters. The number of hydrogen-bond donors (Lipinski definition) is 2. The molecule has 1 aromatic carbocycles. The lowest BCUT2D eigenvalue weighted by Gasteiger charge is -2.12. The van der Waals surface area contributed by atoms with Crippen LogP contribution in [0.2, 0.25) is 10.0 Å². The number of nitrogens with one attached hydrogen (secondary N) is 1. The highest BCUT2D eigenvalue weighted by atomic mass is 35.5. The van der Waals surface area contributed by atoms with Crippen LogP contribution in [0.3, 0.4) is 0 Å². The van der Waals surface area contributed by atoms with Crippen molar-refractivity contribution in [1.29, 1.82) is 0 Å². The fraction of sp³-hybridized carbons (Fsp3) is 0.167. The Bertz CT molecular complexity index is 578. The first-order valence-electron chi connectivity index (χ1n) is 5.44. The number of thiazole rings is 1. The van der Waals surface area contributed by atoms with E-state index in [0.29, 0.717) is 5.56 Å². The van der Waals surface area contributed by atoms with Gasteiger partial charge in [0.05, 0.1) is 21.8 Å². The van der Waals surface area contributed by atoms with E-state index in [4.69, 9.17) is 28.9 Å². The van der Waals surface area contributed by atoms with Gasteiger partial charge in [-0.3, -0.25) is 4.79 Å². The summed E-state index contributed by atoms with van der Waals surface area (Å²) in [6.07, 6.45) is 1.69. The summed E-state index contributed by atoms with van der Waals surface area (Å²) < 4.78 is 0. The average molecular weight is 316 g/mol. The van der Waals surface area contributed by atoms with Crippen molar-refractivity contribution >= 4 is 46.1 Å². The zero-order valence-corrected chi connectivity index (χ0v) is 12.3. The Labute approximate surface area is 124 Å². The molecule has 7 heteroatoms. The fourth-order valence-electron chi connectivity index (χ4n) is 1.51. The minimum Gasteiger partial charge on any atom is -0.396 e. The second-order valence-electron chi connectivity index (χ2n) is 3.92. The molecule has 0 fully saturated rings. The third-order valence-electron chi connectivity index (χ3n) is 2.51. The topological polar surface area (TPSA) is 68.0 Å². The highest BCUT2D eigenvalue weighted by Crippen LogP contribution is 2.29. The van der Waals surface area contributed by atoms with E-state index >= 15 is 0 Å². The Hall–Kier alpha value is -1.30. The summed E-state index contributed by atoms with van der Waals surface area (Å²) in [6.45, 7) is 1.86. The Morgan fingerprint density at radius 3 is 2.58 bits per heavy atom. The molecule has 4 nitrogen and oxygen atoms in total. The second-order valence-corrected chi connectivity index (χ2v) is 5.66. The number of amides is 1. The number of nitrogens with zero attached hydrogens (tertiary/aromatic N) is 1. The van der Waals surface area contributed by atoms with Crippen LogP contribution >= 0.6 is 34.5 Å². The SMILES string of the molecule is CC(NC(=O)c1cc(Cl)c(N)c(Cl)c1)c1nccs1. The van der Waals surface area contributed by atoms with Gasteiger partial charge in [0, 0.05) is 17.1 Å². The van der Waals surface area contributed by atoms with Gasteiger partial charge in [-0.25, -0.2) is 4.98 Å². The lowest BCUT2D eigenvalue weighted by Crippen LogP contribution is -2.26. The summed E-state index contributed by atoms with van der Waals surface area (Å²) in [5, 5.41) is 6.04. The number of nitrogens with two attached hydrogens (primary N) is 1. The third kappa shape index (κ3) is 3.18. The minimum atomic E-state index is -0.272. The van der Waals surface area contributed by atoms with Gasteiger partial charge in [0.25, 0.3) is 5.91 Å². The highest BCUT2D eigenvalue weighted by Gasteiger charge is 2.15. The predicted molar refractivity (Wildman–Crippen MR) is 78.9 cm³/mol. The molecule has 1 heterocycles. The molecular formula is C12H11Cl2N3OS. The summed E-state index contributed by atoms with van der Waals surface area (Å²) in [4.78, 5) is 16.2. The lowest BCUT2D eigenvalue weighted by molar-refractivity contribution is 0.0940. The number of carbonyl (C=O) groups is 1. The van der Waals surface area contributed by atoms with Gasteiger partial charge in [-0.15, -0.1) is 11.3 Å². The normalized spacial score (nSPS) is 12.2. The molecule has 0 bridgehead atoms. The zero-order chi connectivity index (χ0) is 14.0. The molecule has 1 amide bonds. The average Bonchev–Trinajstić information content (AvgIpc) is 2.89. The molecular weight excluding hydrogens is 305 g/mol. The molecule has 2 rings (SSSR count). The van der Waals surface area contributed by atoms with E-state index in [1.165, 1.54) is 23.5 Å². The van der Waals surface area contributed by atoms with Crippen molar-refractivity contribution in [1.82, 2.24) is 10.3 Å². The molecule has 0 saturated heterocycles. The van der Waals surface area contributed by atoms with Gasteiger partial charge in [-0.05, 0) is 19.1 Å². The Morgan fingerprint density at radius 2 is 2.05 bits per heavy atom. The van der Waals surface area contributed by atoms with E-state index in [1.54, 1.807) is 6.20 Å². The van der Waals surface area contributed by atoms with Crippen LogP contribution in [0.25, 0.3) is 0 Å². The maximum absolute atomic E-state index is 12.1. The van der Waals surface area contributed by atoms with E-state index < -0.39 is 0 Å². The summed E-state index contributed by atoms with van der Waals surface area (Å²) >= 11 is 13.3. The predicted octanol–water partition coefficient (Wildman–Crippen LogP) is 3.52. The van der Waals surface area contributed by atoms with Crippen molar-refractivity contribution in [3.63, 3.8) is 0 Å². The van der Waals surface area contributed by atoms with E-state index in [0.717, 1.165) is 5.01 Å². The number of hydrogen-bond acceptors (Lipinski definition) is 4. The number of aromatic nitrogens is 1. The Kier molecular flexibility index (Phi) is 4.29. The van der Waals surface area contributed by atoms with Crippen LogP contribution in [-0.4, -0.2) is 10.9 Å². The Morgan fingerprint density at radius 1 is 1.42 bits per heavy atom. The monoisotopic (exact) mass is 315 g/mol. The van der Waals surface area contributed by atoms with Gasteiger partial charge in [0.15, 0.2) is 0 Å². The molecule has 0 spiro atoms. The molecule has 0 aliphatic rings. The van der Waals surface area contributed by atoms with E-state index in [-0.39, 0.29) is 27.7 Å². The number of rotatable bonds is 3. The van der Waals surface area contributed by atoms with Crippen molar-refractivity contribution in [2.24, 2.45) is 0 Å². The number of carbonyl (C=O) groups excluding carboxylic acids is 1. The summed E-state index contributed by atoms with van der Waals surface area (Å²) in [5.74, 6) is -0.272. The van der Waals surface area contributed by atoms with Crippen LogP contribution in [0, 0.1) is 0 Å². The minimum absolute atomic E-state index is 0.178. The molecule has 100 valence electrons. The first kappa shape index (κ1) is 14.1. The third-order valence-corrected chi connectivity index (χ3v) is 4.09. The quantitative estimate of drug-likeness (QED) is 0.851. The molecule has 1 aromatic heterocycles. The van der Waals surface area contributed by atoms with Gasteiger partial charge >= 0.3 is 0 Å². The van der Waals surface area contributed by atoms with Crippen LogP contribution in [-0.2, 0) is 0 Å². The summed E-state index contributed by atoms with van der Waals surface area (Å²) in [5.41, 5.74) is 6.26. The summed E-state index contributed by atoms with van der Waals surface area (Å²) in [7, 11) is 0. The molecule has 1 atom stereocenters. The maximum Gasteiger partial charge on any atom is 0.251 e. The second kappa shape index (κ2) is 5.77.